The number of carbonyl (C=O) groups excluding carboxylic acids is 1. The number of hydrogen-bond donors (Lipinski definition) is 3. The van der Waals surface area contributed by atoms with Crippen LogP contribution in [0.2, 0.25) is 0 Å². The van der Waals surface area contributed by atoms with E-state index in [9.17, 15) is 14.0 Å². The van der Waals surface area contributed by atoms with Crippen molar-refractivity contribution in [2.75, 3.05) is 5.32 Å². The molecule has 132 valence electrons. The Labute approximate surface area is 140 Å². The Kier molecular flexibility index (Phi) is 5.11. The number of nitrogens with one attached hydrogen (secondary N) is 2. The number of anilines is 1. The maximum atomic E-state index is 13.3. The molecule has 1 fully saturated rings. The number of carboxylic acids is 1. The number of aromatic nitrogens is 1. The van der Waals surface area contributed by atoms with Crippen molar-refractivity contribution in [3.63, 3.8) is 0 Å². The minimum absolute atomic E-state index is 0.00590. The van der Waals surface area contributed by atoms with Crippen LogP contribution in [-0.2, 0) is 4.79 Å². The van der Waals surface area contributed by atoms with Crippen molar-refractivity contribution in [3.8, 4) is 0 Å². The lowest BCUT2D eigenvalue weighted by Gasteiger charge is -2.40. The topological polar surface area (TPSA) is 91.3 Å². The normalized spacial score (nSPS) is 21.5. The van der Waals surface area contributed by atoms with E-state index in [2.05, 4.69) is 15.6 Å². The summed E-state index contributed by atoms with van der Waals surface area (Å²) in [6.45, 7) is 7.56. The molecule has 24 heavy (non-hydrogen) atoms. The van der Waals surface area contributed by atoms with E-state index >= 15 is 0 Å². The first-order valence-corrected chi connectivity index (χ1v) is 8.05. The summed E-state index contributed by atoms with van der Waals surface area (Å²) in [7, 11) is 0. The summed E-state index contributed by atoms with van der Waals surface area (Å²) in [4.78, 5) is 26.8. The molecule has 1 aliphatic carbocycles. The molecule has 1 aromatic heterocycles. The fraction of sp³-hybridized carbons (Fsp3) is 0.588. The van der Waals surface area contributed by atoms with Gasteiger partial charge in [0.15, 0.2) is 0 Å². The summed E-state index contributed by atoms with van der Waals surface area (Å²) in [5.41, 5.74) is -0.480. The third-order valence-electron chi connectivity index (χ3n) is 4.35. The molecule has 1 heterocycles. The Morgan fingerprint density at radius 3 is 2.50 bits per heavy atom. The zero-order chi connectivity index (χ0) is 18.1. The maximum absolute atomic E-state index is 13.3. The molecule has 0 aliphatic heterocycles. The first-order valence-electron chi connectivity index (χ1n) is 8.05. The zero-order valence-corrected chi connectivity index (χ0v) is 14.4. The Balaban J connectivity index is 1.90. The van der Waals surface area contributed by atoms with E-state index in [1.54, 1.807) is 0 Å². The Morgan fingerprint density at radius 2 is 1.96 bits per heavy atom. The Morgan fingerprint density at radius 1 is 1.33 bits per heavy atom. The first kappa shape index (κ1) is 18.2. The van der Waals surface area contributed by atoms with E-state index in [0.717, 1.165) is 18.9 Å². The lowest BCUT2D eigenvalue weighted by Crippen LogP contribution is -2.50. The largest absolute Gasteiger partial charge is 0.478 e. The van der Waals surface area contributed by atoms with Crippen molar-refractivity contribution in [3.05, 3.63) is 23.6 Å². The van der Waals surface area contributed by atoms with Gasteiger partial charge in [-0.2, -0.15) is 4.39 Å². The van der Waals surface area contributed by atoms with Crippen molar-refractivity contribution in [2.24, 2.45) is 11.3 Å². The number of halogens is 1. The van der Waals surface area contributed by atoms with Gasteiger partial charge in [-0.25, -0.2) is 9.78 Å². The number of pyridine rings is 1. The Bertz CT molecular complexity index is 636. The second-order valence-corrected chi connectivity index (χ2v) is 7.42. The molecule has 1 aromatic rings. The molecule has 3 N–H and O–H groups in total. The fourth-order valence-electron chi connectivity index (χ4n) is 2.64. The lowest BCUT2D eigenvalue weighted by atomic mass is 9.75. The van der Waals surface area contributed by atoms with Crippen molar-refractivity contribution in [1.82, 2.24) is 10.3 Å². The van der Waals surface area contributed by atoms with Crippen LogP contribution in [0, 0.1) is 17.3 Å². The summed E-state index contributed by atoms with van der Waals surface area (Å²) in [6, 6.07) is 2.29. The van der Waals surface area contributed by atoms with Gasteiger partial charge >= 0.3 is 5.97 Å². The molecule has 1 aliphatic rings. The van der Waals surface area contributed by atoms with Crippen LogP contribution in [0.25, 0.3) is 0 Å². The molecule has 0 bridgehead atoms. The molecule has 0 saturated heterocycles. The van der Waals surface area contributed by atoms with E-state index in [0.29, 0.717) is 5.92 Å². The van der Waals surface area contributed by atoms with Crippen LogP contribution in [0.4, 0.5) is 10.2 Å². The van der Waals surface area contributed by atoms with Gasteiger partial charge < -0.3 is 15.7 Å². The van der Waals surface area contributed by atoms with Gasteiger partial charge in [0.2, 0.25) is 11.9 Å². The monoisotopic (exact) mass is 337 g/mol. The maximum Gasteiger partial charge on any atom is 0.339 e. The van der Waals surface area contributed by atoms with Crippen LogP contribution in [0.1, 0.15) is 50.9 Å². The van der Waals surface area contributed by atoms with E-state index in [4.69, 9.17) is 5.11 Å². The number of rotatable bonds is 5. The fourth-order valence-corrected chi connectivity index (χ4v) is 2.64. The second kappa shape index (κ2) is 6.75. The summed E-state index contributed by atoms with van der Waals surface area (Å²) >= 11 is 0. The summed E-state index contributed by atoms with van der Waals surface area (Å²) in [5.74, 6) is -1.50. The molecule has 1 saturated carbocycles. The van der Waals surface area contributed by atoms with Crippen LogP contribution in [0.5, 0.6) is 0 Å². The highest BCUT2D eigenvalue weighted by Gasteiger charge is 2.35. The van der Waals surface area contributed by atoms with Crippen molar-refractivity contribution >= 4 is 17.7 Å². The van der Waals surface area contributed by atoms with Gasteiger partial charge in [0.05, 0.1) is 0 Å². The SMILES string of the molecule is CC(NC(=O)C(C)(C)C)C1CC(Nc2nc(F)ccc2C(=O)O)C1. The number of aromatic carboxylic acids is 1. The number of carboxylic acid groups (broad SMARTS) is 1. The minimum Gasteiger partial charge on any atom is -0.478 e. The van der Waals surface area contributed by atoms with E-state index < -0.39 is 17.3 Å². The van der Waals surface area contributed by atoms with Gasteiger partial charge in [-0.1, -0.05) is 20.8 Å². The van der Waals surface area contributed by atoms with Gasteiger partial charge in [-0.05, 0) is 37.8 Å². The van der Waals surface area contributed by atoms with E-state index in [1.807, 2.05) is 27.7 Å². The average Bonchev–Trinajstić information content (AvgIpc) is 2.40. The molecule has 2 rings (SSSR count). The molecule has 0 aromatic carbocycles. The highest BCUT2D eigenvalue weighted by molar-refractivity contribution is 5.93. The van der Waals surface area contributed by atoms with Crippen LogP contribution in [0.15, 0.2) is 12.1 Å². The molecule has 7 heteroatoms. The Hall–Kier alpha value is -2.18. The number of amides is 1. The quantitative estimate of drug-likeness (QED) is 0.719. The zero-order valence-electron chi connectivity index (χ0n) is 14.4. The molecule has 6 nitrogen and oxygen atoms in total. The molecule has 1 amide bonds. The van der Waals surface area contributed by atoms with Gasteiger partial charge in [0, 0.05) is 17.5 Å². The van der Waals surface area contributed by atoms with Crippen molar-refractivity contribution in [1.29, 1.82) is 0 Å². The van der Waals surface area contributed by atoms with Crippen molar-refractivity contribution in [2.45, 2.75) is 52.6 Å². The third-order valence-corrected chi connectivity index (χ3v) is 4.35. The third kappa shape index (κ3) is 4.21. The van der Waals surface area contributed by atoms with Gasteiger partial charge in [0.1, 0.15) is 11.4 Å². The van der Waals surface area contributed by atoms with Crippen LogP contribution in [0.3, 0.4) is 0 Å². The average molecular weight is 337 g/mol. The molecule has 1 atom stereocenters. The van der Waals surface area contributed by atoms with Crippen LogP contribution >= 0.6 is 0 Å². The van der Waals surface area contributed by atoms with Gasteiger partial charge in [-0.15, -0.1) is 0 Å². The van der Waals surface area contributed by atoms with Gasteiger partial charge in [-0.3, -0.25) is 4.79 Å². The second-order valence-electron chi connectivity index (χ2n) is 7.42. The molecule has 0 spiro atoms. The predicted molar refractivity (Wildman–Crippen MR) is 88.3 cm³/mol. The highest BCUT2D eigenvalue weighted by atomic mass is 19.1. The summed E-state index contributed by atoms with van der Waals surface area (Å²) in [6.07, 6.45) is 1.53. The molecule has 0 radical (unpaired) electrons. The summed E-state index contributed by atoms with van der Waals surface area (Å²) in [5, 5.41) is 15.1. The molecular weight excluding hydrogens is 313 g/mol. The first-order chi connectivity index (χ1) is 11.1. The predicted octanol–water partition coefficient (Wildman–Crippen LogP) is 2.66. The highest BCUT2D eigenvalue weighted by Crippen LogP contribution is 2.33. The molecular formula is C17H24FN3O3. The molecule has 1 unspecified atom stereocenters. The van der Waals surface area contributed by atoms with Crippen LogP contribution < -0.4 is 10.6 Å². The number of hydrogen-bond acceptors (Lipinski definition) is 4. The summed E-state index contributed by atoms with van der Waals surface area (Å²) < 4.78 is 13.3. The smallest absolute Gasteiger partial charge is 0.339 e. The lowest BCUT2D eigenvalue weighted by molar-refractivity contribution is -0.129. The number of carbonyl (C=O) groups is 2. The standard InChI is InChI=1S/C17H24FN3O3/c1-9(19-16(24)17(2,3)4)10-7-11(8-10)20-14-12(15(22)23)5-6-13(18)21-14/h5-6,9-11H,7-8H2,1-4H3,(H,19,24)(H,20,21)(H,22,23). The van der Waals surface area contributed by atoms with E-state index in [-0.39, 0.29) is 29.4 Å². The number of nitrogens with zero attached hydrogens (tertiary/aromatic N) is 1. The van der Waals surface area contributed by atoms with E-state index in [1.165, 1.54) is 6.07 Å². The van der Waals surface area contributed by atoms with Crippen molar-refractivity contribution < 1.29 is 19.1 Å². The van der Waals surface area contributed by atoms with Crippen LogP contribution in [-0.4, -0.2) is 34.1 Å². The van der Waals surface area contributed by atoms with Gasteiger partial charge in [0.25, 0.3) is 0 Å². The minimum atomic E-state index is -1.15.